The molecule has 1 nitrogen and oxygen atoms in total. The summed E-state index contributed by atoms with van der Waals surface area (Å²) in [6, 6.07) is 4.94. The fraction of sp³-hybridized carbons (Fsp3) is 0.600. The van der Waals surface area contributed by atoms with Crippen molar-refractivity contribution in [2.75, 3.05) is 0 Å². The SMILES string of the molecule is CCC1CCCC(C(O)c2ccc(Br)c(F)c2)C1. The second-order valence-corrected chi connectivity index (χ2v) is 6.17. The van der Waals surface area contributed by atoms with Gasteiger partial charge in [-0.1, -0.05) is 32.3 Å². The molecule has 0 heterocycles. The Hall–Kier alpha value is -0.410. The van der Waals surface area contributed by atoms with Crippen molar-refractivity contribution in [1.29, 1.82) is 0 Å². The second kappa shape index (κ2) is 6.16. The number of hydrogen-bond donors (Lipinski definition) is 1. The van der Waals surface area contributed by atoms with Crippen LogP contribution in [0.15, 0.2) is 22.7 Å². The Morgan fingerprint density at radius 2 is 2.22 bits per heavy atom. The van der Waals surface area contributed by atoms with Crippen LogP contribution in [0.5, 0.6) is 0 Å². The van der Waals surface area contributed by atoms with Crippen LogP contribution in [0.25, 0.3) is 0 Å². The molecular formula is C15H20BrFO. The Labute approximate surface area is 117 Å². The molecule has 1 N–H and O–H groups in total. The summed E-state index contributed by atoms with van der Waals surface area (Å²) in [6.45, 7) is 2.21. The molecule has 1 aromatic carbocycles. The van der Waals surface area contributed by atoms with E-state index in [9.17, 15) is 9.50 Å². The molecule has 0 bridgehead atoms. The van der Waals surface area contributed by atoms with E-state index in [1.807, 2.05) is 6.07 Å². The molecule has 0 saturated heterocycles. The van der Waals surface area contributed by atoms with E-state index < -0.39 is 6.10 Å². The summed E-state index contributed by atoms with van der Waals surface area (Å²) in [5.41, 5.74) is 0.706. The van der Waals surface area contributed by atoms with E-state index >= 15 is 0 Å². The monoisotopic (exact) mass is 314 g/mol. The van der Waals surface area contributed by atoms with Gasteiger partial charge in [-0.25, -0.2) is 4.39 Å². The molecule has 3 atom stereocenters. The van der Waals surface area contributed by atoms with Crippen LogP contribution in [0.1, 0.15) is 50.7 Å². The Bertz CT molecular complexity index is 407. The molecule has 18 heavy (non-hydrogen) atoms. The molecular weight excluding hydrogens is 295 g/mol. The van der Waals surface area contributed by atoms with Gasteiger partial charge in [0.05, 0.1) is 10.6 Å². The Kier molecular flexibility index (Phi) is 4.79. The zero-order valence-corrected chi connectivity index (χ0v) is 12.3. The highest BCUT2D eigenvalue weighted by molar-refractivity contribution is 9.10. The van der Waals surface area contributed by atoms with Gasteiger partial charge in [0.25, 0.3) is 0 Å². The highest BCUT2D eigenvalue weighted by Gasteiger charge is 2.27. The lowest BCUT2D eigenvalue weighted by molar-refractivity contribution is 0.0675. The highest BCUT2D eigenvalue weighted by atomic mass is 79.9. The van der Waals surface area contributed by atoms with E-state index in [1.165, 1.54) is 25.3 Å². The maximum atomic E-state index is 13.5. The lowest BCUT2D eigenvalue weighted by Crippen LogP contribution is -2.21. The van der Waals surface area contributed by atoms with Crippen molar-refractivity contribution in [3.63, 3.8) is 0 Å². The molecule has 0 spiro atoms. The first-order chi connectivity index (χ1) is 8.61. The predicted octanol–water partition coefficient (Wildman–Crippen LogP) is 4.84. The largest absolute Gasteiger partial charge is 0.388 e. The van der Waals surface area contributed by atoms with E-state index in [0.29, 0.717) is 10.0 Å². The minimum atomic E-state index is -0.526. The average molecular weight is 315 g/mol. The number of aliphatic hydroxyl groups is 1. The summed E-state index contributed by atoms with van der Waals surface area (Å²) in [7, 11) is 0. The number of rotatable bonds is 3. The average Bonchev–Trinajstić information content (AvgIpc) is 2.41. The third-order valence-electron chi connectivity index (χ3n) is 4.13. The molecule has 1 aliphatic rings. The smallest absolute Gasteiger partial charge is 0.137 e. The van der Waals surface area contributed by atoms with Gasteiger partial charge in [-0.15, -0.1) is 0 Å². The minimum Gasteiger partial charge on any atom is -0.388 e. The van der Waals surface area contributed by atoms with Gasteiger partial charge in [-0.05, 0) is 58.3 Å². The lowest BCUT2D eigenvalue weighted by Gasteiger charge is -2.32. The maximum absolute atomic E-state index is 13.5. The van der Waals surface area contributed by atoms with E-state index in [1.54, 1.807) is 6.07 Å². The minimum absolute atomic E-state index is 0.282. The van der Waals surface area contributed by atoms with E-state index in [0.717, 1.165) is 18.8 Å². The topological polar surface area (TPSA) is 20.2 Å². The van der Waals surface area contributed by atoms with Gasteiger partial charge in [0.2, 0.25) is 0 Å². The number of hydrogen-bond acceptors (Lipinski definition) is 1. The summed E-state index contributed by atoms with van der Waals surface area (Å²) >= 11 is 3.14. The third kappa shape index (κ3) is 3.12. The third-order valence-corrected chi connectivity index (χ3v) is 4.78. The summed E-state index contributed by atoms with van der Waals surface area (Å²) in [6.07, 6.45) is 5.22. The lowest BCUT2D eigenvalue weighted by atomic mass is 9.76. The van der Waals surface area contributed by atoms with Crippen molar-refractivity contribution >= 4 is 15.9 Å². The molecule has 100 valence electrons. The van der Waals surface area contributed by atoms with Crippen LogP contribution >= 0.6 is 15.9 Å². The van der Waals surface area contributed by atoms with E-state index in [2.05, 4.69) is 22.9 Å². The molecule has 0 radical (unpaired) electrons. The molecule has 0 amide bonds. The Morgan fingerprint density at radius 3 is 2.89 bits per heavy atom. The van der Waals surface area contributed by atoms with Crippen LogP contribution in [0.4, 0.5) is 4.39 Å². The number of halogens is 2. The van der Waals surface area contributed by atoms with Crippen LogP contribution in [0.2, 0.25) is 0 Å². The summed E-state index contributed by atoms with van der Waals surface area (Å²) in [5, 5.41) is 10.4. The van der Waals surface area contributed by atoms with Gasteiger partial charge in [-0.3, -0.25) is 0 Å². The van der Waals surface area contributed by atoms with Crippen molar-refractivity contribution in [3.8, 4) is 0 Å². The molecule has 1 aliphatic carbocycles. The zero-order chi connectivity index (χ0) is 13.1. The van der Waals surface area contributed by atoms with Crippen molar-refractivity contribution in [3.05, 3.63) is 34.1 Å². The summed E-state index contributed by atoms with van der Waals surface area (Å²) in [5.74, 6) is 0.706. The predicted molar refractivity (Wildman–Crippen MR) is 74.8 cm³/mol. The van der Waals surface area contributed by atoms with Crippen LogP contribution in [-0.2, 0) is 0 Å². The quantitative estimate of drug-likeness (QED) is 0.846. The van der Waals surface area contributed by atoms with Crippen molar-refractivity contribution in [1.82, 2.24) is 0 Å². The van der Waals surface area contributed by atoms with Crippen LogP contribution < -0.4 is 0 Å². The first-order valence-electron chi connectivity index (χ1n) is 6.74. The van der Waals surface area contributed by atoms with Crippen molar-refractivity contribution in [2.24, 2.45) is 11.8 Å². The first-order valence-corrected chi connectivity index (χ1v) is 7.54. The summed E-state index contributed by atoms with van der Waals surface area (Å²) in [4.78, 5) is 0. The molecule has 0 aliphatic heterocycles. The van der Waals surface area contributed by atoms with E-state index in [4.69, 9.17) is 0 Å². The normalized spacial score (nSPS) is 26.0. The van der Waals surface area contributed by atoms with Gasteiger partial charge in [0.15, 0.2) is 0 Å². The van der Waals surface area contributed by atoms with E-state index in [-0.39, 0.29) is 11.7 Å². The van der Waals surface area contributed by atoms with Crippen molar-refractivity contribution in [2.45, 2.75) is 45.1 Å². The van der Waals surface area contributed by atoms with Crippen LogP contribution in [0.3, 0.4) is 0 Å². The van der Waals surface area contributed by atoms with Crippen LogP contribution in [-0.4, -0.2) is 5.11 Å². The first kappa shape index (κ1) is 14.0. The molecule has 1 saturated carbocycles. The molecule has 2 rings (SSSR count). The summed E-state index contributed by atoms with van der Waals surface area (Å²) < 4.78 is 13.9. The van der Waals surface area contributed by atoms with Gasteiger partial charge >= 0.3 is 0 Å². The zero-order valence-electron chi connectivity index (χ0n) is 10.7. The molecule has 1 aromatic rings. The molecule has 3 heteroatoms. The van der Waals surface area contributed by atoms with Gasteiger partial charge < -0.3 is 5.11 Å². The molecule has 3 unspecified atom stereocenters. The number of aliphatic hydroxyl groups excluding tert-OH is 1. The fourth-order valence-corrected chi connectivity index (χ4v) is 3.21. The van der Waals surface area contributed by atoms with Gasteiger partial charge in [0.1, 0.15) is 5.82 Å². The highest BCUT2D eigenvalue weighted by Crippen LogP contribution is 2.38. The van der Waals surface area contributed by atoms with Gasteiger partial charge in [-0.2, -0.15) is 0 Å². The maximum Gasteiger partial charge on any atom is 0.137 e. The molecule has 1 fully saturated rings. The molecule has 0 aromatic heterocycles. The standard InChI is InChI=1S/C15H20BrFO/c1-2-10-4-3-5-11(8-10)15(18)12-6-7-13(16)14(17)9-12/h6-7,9-11,15,18H,2-5,8H2,1H3. The van der Waals surface area contributed by atoms with Crippen molar-refractivity contribution < 1.29 is 9.50 Å². The van der Waals surface area contributed by atoms with Gasteiger partial charge in [0, 0.05) is 0 Å². The number of benzene rings is 1. The Morgan fingerprint density at radius 1 is 1.44 bits per heavy atom. The Balaban J connectivity index is 2.10. The fourth-order valence-electron chi connectivity index (χ4n) is 2.96. The van der Waals surface area contributed by atoms with Crippen LogP contribution in [0, 0.1) is 17.7 Å². The second-order valence-electron chi connectivity index (χ2n) is 5.32.